The molecule has 0 aromatic heterocycles. The lowest BCUT2D eigenvalue weighted by Gasteiger charge is -2.27. The van der Waals surface area contributed by atoms with Gasteiger partial charge in [0.25, 0.3) is 0 Å². The second kappa shape index (κ2) is 12.4. The Morgan fingerprint density at radius 1 is 1.14 bits per heavy atom. The molecular weight excluding hydrogens is 372 g/mol. The van der Waals surface area contributed by atoms with Crippen molar-refractivity contribution in [2.75, 3.05) is 13.2 Å². The molecule has 1 fully saturated rings. The Balaban J connectivity index is 1.93. The van der Waals surface area contributed by atoms with E-state index in [1.807, 2.05) is 44.2 Å². The lowest BCUT2D eigenvalue weighted by molar-refractivity contribution is -0.129. The second-order valence-electron chi connectivity index (χ2n) is 7.76. The fourth-order valence-electron chi connectivity index (χ4n) is 3.20. The van der Waals surface area contributed by atoms with Crippen LogP contribution in [0.1, 0.15) is 52.0 Å². The normalized spacial score (nSPS) is 16.4. The van der Waals surface area contributed by atoms with Gasteiger partial charge >= 0.3 is 6.09 Å². The average Bonchev–Trinajstić information content (AvgIpc) is 3.24. The molecule has 1 heterocycles. The Morgan fingerprint density at radius 3 is 2.45 bits per heavy atom. The number of carbonyl (C=O) groups is 2. The van der Waals surface area contributed by atoms with Crippen LogP contribution in [0.4, 0.5) is 4.79 Å². The van der Waals surface area contributed by atoms with E-state index in [1.54, 1.807) is 0 Å². The first-order chi connectivity index (χ1) is 14.0. The summed E-state index contributed by atoms with van der Waals surface area (Å²) in [7, 11) is 0. The van der Waals surface area contributed by atoms with Crippen LogP contribution in [-0.4, -0.2) is 43.6 Å². The zero-order valence-corrected chi connectivity index (χ0v) is 17.7. The summed E-state index contributed by atoms with van der Waals surface area (Å²) in [5.41, 5.74) is 0.891. The summed E-state index contributed by atoms with van der Waals surface area (Å²) in [4.78, 5) is 25.2. The summed E-state index contributed by atoms with van der Waals surface area (Å²) in [5.74, 6) is -0.0104. The van der Waals surface area contributed by atoms with E-state index < -0.39 is 18.4 Å². The topological polar surface area (TPSA) is 85.9 Å². The predicted molar refractivity (Wildman–Crippen MR) is 110 cm³/mol. The van der Waals surface area contributed by atoms with Gasteiger partial charge in [0.2, 0.25) is 5.91 Å². The van der Waals surface area contributed by atoms with Crippen molar-refractivity contribution >= 4 is 12.0 Å². The molecule has 1 unspecified atom stereocenters. The molecule has 162 valence electrons. The van der Waals surface area contributed by atoms with Gasteiger partial charge in [-0.1, -0.05) is 63.9 Å². The zero-order valence-electron chi connectivity index (χ0n) is 17.7. The number of nitrogens with one attached hydrogen (secondary N) is 2. The molecule has 1 aliphatic heterocycles. The van der Waals surface area contributed by atoms with Crippen molar-refractivity contribution in [1.29, 1.82) is 0 Å². The molecule has 2 amide bonds. The van der Waals surface area contributed by atoms with Crippen LogP contribution in [0.3, 0.4) is 0 Å². The minimum Gasteiger partial charge on any atom is -0.445 e. The SMILES string of the molecule is CCCCC(NC(=O)[C@H](CC(C)C)NC(=O)OCc1ccccc1)C1OCCO1. The monoisotopic (exact) mass is 406 g/mol. The van der Waals surface area contributed by atoms with E-state index in [9.17, 15) is 9.59 Å². The molecule has 1 aromatic carbocycles. The average molecular weight is 407 g/mol. The van der Waals surface area contributed by atoms with E-state index in [-0.39, 0.29) is 24.5 Å². The summed E-state index contributed by atoms with van der Waals surface area (Å²) in [6.07, 6.45) is 2.20. The molecule has 0 spiro atoms. The summed E-state index contributed by atoms with van der Waals surface area (Å²) < 4.78 is 16.5. The number of unbranched alkanes of at least 4 members (excludes halogenated alkanes) is 1. The molecule has 2 atom stereocenters. The van der Waals surface area contributed by atoms with Crippen molar-refractivity contribution in [1.82, 2.24) is 10.6 Å². The van der Waals surface area contributed by atoms with Gasteiger partial charge in [-0.3, -0.25) is 4.79 Å². The van der Waals surface area contributed by atoms with Crippen molar-refractivity contribution in [2.45, 2.75) is 71.4 Å². The molecule has 0 aliphatic carbocycles. The molecule has 2 rings (SSSR count). The number of alkyl carbamates (subject to hydrolysis) is 1. The molecule has 7 nitrogen and oxygen atoms in total. The number of hydrogen-bond donors (Lipinski definition) is 2. The zero-order chi connectivity index (χ0) is 21.1. The highest BCUT2D eigenvalue weighted by atomic mass is 16.7. The summed E-state index contributed by atoms with van der Waals surface area (Å²) in [6.45, 7) is 7.34. The first kappa shape index (κ1) is 23.2. The molecule has 0 radical (unpaired) electrons. The molecule has 1 aliphatic rings. The molecule has 1 saturated heterocycles. The van der Waals surface area contributed by atoms with Crippen LogP contribution < -0.4 is 10.6 Å². The van der Waals surface area contributed by atoms with Crippen LogP contribution in [0.5, 0.6) is 0 Å². The maximum absolute atomic E-state index is 12.9. The van der Waals surface area contributed by atoms with Crippen LogP contribution in [0.15, 0.2) is 30.3 Å². The highest BCUT2D eigenvalue weighted by Crippen LogP contribution is 2.15. The van der Waals surface area contributed by atoms with E-state index in [0.29, 0.717) is 19.6 Å². The third-order valence-electron chi connectivity index (χ3n) is 4.70. The molecule has 7 heteroatoms. The number of amides is 2. The van der Waals surface area contributed by atoms with E-state index in [0.717, 1.165) is 24.8 Å². The van der Waals surface area contributed by atoms with Crippen molar-refractivity contribution < 1.29 is 23.8 Å². The smallest absolute Gasteiger partial charge is 0.408 e. The van der Waals surface area contributed by atoms with Gasteiger partial charge in [0, 0.05) is 0 Å². The molecular formula is C22H34N2O5. The van der Waals surface area contributed by atoms with Gasteiger partial charge < -0.3 is 24.8 Å². The maximum atomic E-state index is 12.9. The lowest BCUT2D eigenvalue weighted by atomic mass is 10.0. The predicted octanol–water partition coefficient (Wildman–Crippen LogP) is 3.38. The second-order valence-corrected chi connectivity index (χ2v) is 7.76. The van der Waals surface area contributed by atoms with E-state index in [1.165, 1.54) is 0 Å². The van der Waals surface area contributed by atoms with Crippen molar-refractivity contribution in [2.24, 2.45) is 5.92 Å². The maximum Gasteiger partial charge on any atom is 0.408 e. The van der Waals surface area contributed by atoms with Crippen LogP contribution >= 0.6 is 0 Å². The Labute approximate surface area is 173 Å². The number of ether oxygens (including phenoxy) is 3. The van der Waals surface area contributed by atoms with Crippen molar-refractivity contribution in [3.63, 3.8) is 0 Å². The van der Waals surface area contributed by atoms with Crippen LogP contribution in [-0.2, 0) is 25.6 Å². The van der Waals surface area contributed by atoms with Crippen molar-refractivity contribution in [3.8, 4) is 0 Å². The van der Waals surface area contributed by atoms with E-state index in [2.05, 4.69) is 17.6 Å². The highest BCUT2D eigenvalue weighted by Gasteiger charge is 2.31. The standard InChI is InChI=1S/C22H34N2O5/c1-4-5-11-18(21-27-12-13-28-21)23-20(25)19(14-16(2)3)24-22(26)29-15-17-9-7-6-8-10-17/h6-10,16,18-19,21H,4-5,11-15H2,1-3H3,(H,23,25)(H,24,26)/t18?,19-/m0/s1. The highest BCUT2D eigenvalue weighted by molar-refractivity contribution is 5.85. The van der Waals surface area contributed by atoms with Gasteiger partial charge in [0.05, 0.1) is 19.3 Å². The van der Waals surface area contributed by atoms with Gasteiger partial charge in [-0.05, 0) is 24.3 Å². The lowest BCUT2D eigenvalue weighted by Crippen LogP contribution is -2.53. The Kier molecular flexibility index (Phi) is 9.94. The molecule has 29 heavy (non-hydrogen) atoms. The number of benzene rings is 1. The number of hydrogen-bond acceptors (Lipinski definition) is 5. The molecule has 0 bridgehead atoms. The van der Waals surface area contributed by atoms with Gasteiger partial charge in [-0.15, -0.1) is 0 Å². The number of rotatable bonds is 11. The van der Waals surface area contributed by atoms with Crippen LogP contribution in [0.2, 0.25) is 0 Å². The van der Waals surface area contributed by atoms with E-state index in [4.69, 9.17) is 14.2 Å². The summed E-state index contributed by atoms with van der Waals surface area (Å²) in [6, 6.07) is 8.52. The fraction of sp³-hybridized carbons (Fsp3) is 0.636. The quantitative estimate of drug-likeness (QED) is 0.588. The van der Waals surface area contributed by atoms with Crippen molar-refractivity contribution in [3.05, 3.63) is 35.9 Å². The van der Waals surface area contributed by atoms with Crippen LogP contribution in [0, 0.1) is 5.92 Å². The minimum atomic E-state index is -0.677. The Hall–Kier alpha value is -2.12. The van der Waals surface area contributed by atoms with Crippen LogP contribution in [0.25, 0.3) is 0 Å². The summed E-state index contributed by atoms with van der Waals surface area (Å²) in [5, 5.41) is 5.73. The third kappa shape index (κ3) is 8.41. The summed E-state index contributed by atoms with van der Waals surface area (Å²) >= 11 is 0. The largest absolute Gasteiger partial charge is 0.445 e. The first-order valence-electron chi connectivity index (χ1n) is 10.5. The molecule has 0 saturated carbocycles. The molecule has 2 N–H and O–H groups in total. The Bertz CT molecular complexity index is 617. The number of carbonyl (C=O) groups excluding carboxylic acids is 2. The van der Waals surface area contributed by atoms with Gasteiger partial charge in [-0.2, -0.15) is 0 Å². The van der Waals surface area contributed by atoms with Gasteiger partial charge in [0.15, 0.2) is 6.29 Å². The third-order valence-corrected chi connectivity index (χ3v) is 4.70. The van der Waals surface area contributed by atoms with Gasteiger partial charge in [0.1, 0.15) is 12.6 Å². The Morgan fingerprint density at radius 2 is 1.83 bits per heavy atom. The minimum absolute atomic E-state index is 0.158. The van der Waals surface area contributed by atoms with E-state index >= 15 is 0 Å². The molecule has 1 aromatic rings. The first-order valence-corrected chi connectivity index (χ1v) is 10.5. The fourth-order valence-corrected chi connectivity index (χ4v) is 3.20. The van der Waals surface area contributed by atoms with Gasteiger partial charge in [-0.25, -0.2) is 4.79 Å².